The molecule has 68 valence electrons. The monoisotopic (exact) mass is 170 g/mol. The summed E-state index contributed by atoms with van der Waals surface area (Å²) in [6, 6.07) is 0. The third-order valence-electron chi connectivity index (χ3n) is 1.48. The third kappa shape index (κ3) is 4.60. The van der Waals surface area contributed by atoms with E-state index in [4.69, 9.17) is 5.11 Å². The number of rotatable bonds is 4. The average Bonchev–Trinajstić information content (AvgIpc) is 2.03. The van der Waals surface area contributed by atoms with Gasteiger partial charge in [-0.2, -0.15) is 5.10 Å². The van der Waals surface area contributed by atoms with E-state index in [0.717, 1.165) is 6.42 Å². The van der Waals surface area contributed by atoms with E-state index < -0.39 is 5.97 Å². The second-order valence-electron chi connectivity index (χ2n) is 2.64. The maximum Gasteiger partial charge on any atom is 0.351 e. The molecule has 0 aromatic carbocycles. The average molecular weight is 170 g/mol. The van der Waals surface area contributed by atoms with Crippen LogP contribution in [-0.4, -0.2) is 23.0 Å². The van der Waals surface area contributed by atoms with Gasteiger partial charge in [0.2, 0.25) is 0 Å². The molecule has 0 radical (unpaired) electrons. The van der Waals surface area contributed by atoms with Gasteiger partial charge in [0.1, 0.15) is 5.71 Å². The van der Waals surface area contributed by atoms with E-state index in [1.807, 2.05) is 13.8 Å². The minimum Gasteiger partial charge on any atom is -0.477 e. The van der Waals surface area contributed by atoms with Crippen LogP contribution in [0.2, 0.25) is 0 Å². The van der Waals surface area contributed by atoms with E-state index in [9.17, 15) is 4.79 Å². The fourth-order valence-electron chi connectivity index (χ4n) is 0.382. The highest BCUT2D eigenvalue weighted by Gasteiger charge is 1.99. The molecule has 0 saturated carbocycles. The smallest absolute Gasteiger partial charge is 0.351 e. The van der Waals surface area contributed by atoms with Crippen molar-refractivity contribution in [2.24, 2.45) is 16.1 Å². The molecule has 0 fully saturated rings. The van der Waals surface area contributed by atoms with Gasteiger partial charge in [-0.3, -0.25) is 0 Å². The van der Waals surface area contributed by atoms with Crippen molar-refractivity contribution in [3.63, 3.8) is 0 Å². The molecule has 0 aliphatic rings. The van der Waals surface area contributed by atoms with Gasteiger partial charge in [-0.05, 0) is 19.3 Å². The molecule has 1 unspecified atom stereocenters. The van der Waals surface area contributed by atoms with Crippen LogP contribution in [0.3, 0.4) is 0 Å². The molecule has 0 aliphatic heterocycles. The maximum absolute atomic E-state index is 10.2. The van der Waals surface area contributed by atoms with Crippen molar-refractivity contribution < 1.29 is 9.90 Å². The highest BCUT2D eigenvalue weighted by atomic mass is 16.4. The number of hydrogen-bond donors (Lipinski definition) is 1. The molecule has 1 N–H and O–H groups in total. The van der Waals surface area contributed by atoms with Gasteiger partial charge >= 0.3 is 5.97 Å². The van der Waals surface area contributed by atoms with Gasteiger partial charge in [0, 0.05) is 6.21 Å². The predicted octanol–water partition coefficient (Wildman–Crippen LogP) is 1.56. The van der Waals surface area contributed by atoms with Gasteiger partial charge in [0.15, 0.2) is 0 Å². The van der Waals surface area contributed by atoms with Crippen molar-refractivity contribution in [1.29, 1.82) is 0 Å². The highest BCUT2D eigenvalue weighted by molar-refractivity contribution is 6.34. The largest absolute Gasteiger partial charge is 0.477 e. The lowest BCUT2D eigenvalue weighted by atomic mass is 10.1. The molecule has 0 aromatic rings. The molecule has 4 nitrogen and oxygen atoms in total. The Morgan fingerprint density at radius 1 is 1.67 bits per heavy atom. The number of carboxylic acid groups (broad SMARTS) is 1. The molecule has 0 rings (SSSR count). The van der Waals surface area contributed by atoms with E-state index in [1.54, 1.807) is 6.21 Å². The lowest BCUT2D eigenvalue weighted by Gasteiger charge is -1.95. The summed E-state index contributed by atoms with van der Waals surface area (Å²) in [7, 11) is 0. The number of carboxylic acids is 1. The Kier molecular flexibility index (Phi) is 4.92. The van der Waals surface area contributed by atoms with Crippen molar-refractivity contribution in [3.05, 3.63) is 0 Å². The molecule has 1 atom stereocenters. The molecule has 0 heterocycles. The van der Waals surface area contributed by atoms with E-state index >= 15 is 0 Å². The van der Waals surface area contributed by atoms with Crippen LogP contribution in [0, 0.1) is 5.92 Å². The minimum atomic E-state index is -1.03. The Balaban J connectivity index is 4.03. The molecule has 0 spiro atoms. The number of carbonyl (C=O) groups is 1. The number of hydrogen-bond acceptors (Lipinski definition) is 3. The fourth-order valence-corrected chi connectivity index (χ4v) is 0.382. The minimum absolute atomic E-state index is 0.00885. The summed E-state index contributed by atoms with van der Waals surface area (Å²) >= 11 is 0. The lowest BCUT2D eigenvalue weighted by Crippen LogP contribution is -2.07. The zero-order valence-electron chi connectivity index (χ0n) is 7.61. The summed E-state index contributed by atoms with van der Waals surface area (Å²) in [5.74, 6) is -0.688. The molecular formula is C8H14N2O2. The van der Waals surface area contributed by atoms with Crippen LogP contribution in [0.5, 0.6) is 0 Å². The molecule has 0 amide bonds. The molecular weight excluding hydrogens is 156 g/mol. The molecule has 0 bridgehead atoms. The van der Waals surface area contributed by atoms with Crippen LogP contribution in [0.25, 0.3) is 0 Å². The van der Waals surface area contributed by atoms with Crippen LogP contribution in [0.4, 0.5) is 0 Å². The van der Waals surface area contributed by atoms with Crippen molar-refractivity contribution in [3.8, 4) is 0 Å². The van der Waals surface area contributed by atoms with E-state index in [1.165, 1.54) is 6.92 Å². The zero-order valence-corrected chi connectivity index (χ0v) is 7.61. The Hall–Kier alpha value is -1.19. The topological polar surface area (TPSA) is 62.0 Å². The first-order valence-electron chi connectivity index (χ1n) is 3.89. The summed E-state index contributed by atoms with van der Waals surface area (Å²) in [4.78, 5) is 10.2. The summed E-state index contributed by atoms with van der Waals surface area (Å²) in [5.41, 5.74) is 0.00885. The standard InChI is InChI=1S/C8H14N2O2/c1-4-6(2)5-9-10-7(3)8(11)12/h5-6H,4H2,1-3H3,(H,11,12)/b9-5+,10-7-. The Morgan fingerprint density at radius 2 is 2.25 bits per heavy atom. The quantitative estimate of drug-likeness (QED) is 0.514. The van der Waals surface area contributed by atoms with Crippen LogP contribution < -0.4 is 0 Å². The SMILES string of the molecule is CCC(C)/C=N/N=C(/C)C(=O)O. The first kappa shape index (κ1) is 10.8. The fraction of sp³-hybridized carbons (Fsp3) is 0.625. The van der Waals surface area contributed by atoms with Crippen LogP contribution in [0.1, 0.15) is 27.2 Å². The van der Waals surface area contributed by atoms with E-state index in [0.29, 0.717) is 5.92 Å². The lowest BCUT2D eigenvalue weighted by molar-refractivity contribution is -0.129. The normalized spacial score (nSPS) is 15.1. The molecule has 0 saturated heterocycles. The van der Waals surface area contributed by atoms with Crippen molar-refractivity contribution in [2.45, 2.75) is 27.2 Å². The maximum atomic E-state index is 10.2. The predicted molar refractivity (Wildman–Crippen MR) is 48.7 cm³/mol. The first-order chi connectivity index (χ1) is 5.57. The van der Waals surface area contributed by atoms with Gasteiger partial charge in [-0.25, -0.2) is 4.79 Å². The van der Waals surface area contributed by atoms with Gasteiger partial charge in [-0.1, -0.05) is 13.8 Å². The van der Waals surface area contributed by atoms with Crippen LogP contribution >= 0.6 is 0 Å². The number of nitrogens with zero attached hydrogens (tertiary/aromatic N) is 2. The van der Waals surface area contributed by atoms with Crippen molar-refractivity contribution >= 4 is 17.9 Å². The Morgan fingerprint density at radius 3 is 2.67 bits per heavy atom. The van der Waals surface area contributed by atoms with Crippen LogP contribution in [-0.2, 0) is 4.79 Å². The molecule has 0 aliphatic carbocycles. The van der Waals surface area contributed by atoms with E-state index in [-0.39, 0.29) is 5.71 Å². The van der Waals surface area contributed by atoms with Crippen LogP contribution in [0.15, 0.2) is 10.2 Å². The van der Waals surface area contributed by atoms with Gasteiger partial charge in [0.05, 0.1) is 0 Å². The van der Waals surface area contributed by atoms with E-state index in [2.05, 4.69) is 10.2 Å². The molecule has 12 heavy (non-hydrogen) atoms. The second-order valence-corrected chi connectivity index (χ2v) is 2.64. The first-order valence-corrected chi connectivity index (χ1v) is 3.89. The Bertz CT molecular complexity index is 209. The Labute approximate surface area is 72.0 Å². The van der Waals surface area contributed by atoms with Gasteiger partial charge in [0.25, 0.3) is 0 Å². The number of aliphatic carboxylic acids is 1. The highest BCUT2D eigenvalue weighted by Crippen LogP contribution is 1.95. The summed E-state index contributed by atoms with van der Waals surface area (Å²) < 4.78 is 0. The molecule has 0 aromatic heterocycles. The van der Waals surface area contributed by atoms with Crippen molar-refractivity contribution in [1.82, 2.24) is 0 Å². The zero-order chi connectivity index (χ0) is 9.56. The van der Waals surface area contributed by atoms with Gasteiger partial charge < -0.3 is 5.11 Å². The van der Waals surface area contributed by atoms with Crippen molar-refractivity contribution in [2.75, 3.05) is 0 Å². The summed E-state index contributed by atoms with van der Waals surface area (Å²) in [6.07, 6.45) is 2.62. The summed E-state index contributed by atoms with van der Waals surface area (Å²) in [5, 5.41) is 15.5. The second kappa shape index (κ2) is 5.46. The third-order valence-corrected chi connectivity index (χ3v) is 1.48. The molecule has 4 heteroatoms. The summed E-state index contributed by atoms with van der Waals surface area (Å²) in [6.45, 7) is 5.44. The van der Waals surface area contributed by atoms with Gasteiger partial charge in [-0.15, -0.1) is 5.10 Å².